The average molecular weight is 283 g/mol. The van der Waals surface area contributed by atoms with Crippen molar-refractivity contribution in [1.82, 2.24) is 0 Å². The number of carboxylic acids is 1. The fraction of sp³-hybridized carbons (Fsp3) is 0. The van der Waals surface area contributed by atoms with Crippen LogP contribution < -0.4 is 4.74 Å². The SMILES string of the molecule is O=C(O)c1c(Cl)cccc1Oc1ccc(Cl)cc1. The standard InChI is InChI=1S/C13H8Cl2O3/c14-8-4-6-9(7-5-8)18-11-3-1-2-10(15)12(11)13(16)17/h1-7H,(H,16,17). The lowest BCUT2D eigenvalue weighted by atomic mass is 10.2. The summed E-state index contributed by atoms with van der Waals surface area (Å²) in [6, 6.07) is 11.3. The Kier molecular flexibility index (Phi) is 3.75. The molecule has 2 aromatic rings. The Balaban J connectivity index is 2.37. The number of hydrogen-bond donors (Lipinski definition) is 1. The maximum Gasteiger partial charge on any atom is 0.341 e. The van der Waals surface area contributed by atoms with Crippen molar-refractivity contribution >= 4 is 29.2 Å². The van der Waals surface area contributed by atoms with Crippen molar-refractivity contribution < 1.29 is 14.6 Å². The Bertz CT molecular complexity index is 579. The molecule has 0 spiro atoms. The number of rotatable bonds is 3. The molecule has 0 radical (unpaired) electrons. The molecule has 1 N–H and O–H groups in total. The molecule has 0 aliphatic rings. The molecule has 0 saturated heterocycles. The molecule has 0 aliphatic heterocycles. The lowest BCUT2D eigenvalue weighted by Crippen LogP contribution is -2.00. The molecular weight excluding hydrogens is 275 g/mol. The highest BCUT2D eigenvalue weighted by Gasteiger charge is 2.15. The molecule has 18 heavy (non-hydrogen) atoms. The first-order valence-corrected chi connectivity index (χ1v) is 5.79. The van der Waals surface area contributed by atoms with Crippen LogP contribution in [0, 0.1) is 0 Å². The van der Waals surface area contributed by atoms with Gasteiger partial charge in [-0.05, 0) is 36.4 Å². The minimum Gasteiger partial charge on any atom is -0.478 e. The summed E-state index contributed by atoms with van der Waals surface area (Å²) in [6.45, 7) is 0. The topological polar surface area (TPSA) is 46.5 Å². The third kappa shape index (κ3) is 2.75. The number of ether oxygens (including phenoxy) is 1. The second-order valence-electron chi connectivity index (χ2n) is 3.47. The fourth-order valence-corrected chi connectivity index (χ4v) is 1.80. The van der Waals surface area contributed by atoms with E-state index in [0.29, 0.717) is 10.8 Å². The van der Waals surface area contributed by atoms with E-state index in [1.54, 1.807) is 36.4 Å². The minimum atomic E-state index is -1.13. The summed E-state index contributed by atoms with van der Waals surface area (Å²) >= 11 is 11.6. The quantitative estimate of drug-likeness (QED) is 0.903. The molecule has 92 valence electrons. The summed E-state index contributed by atoms with van der Waals surface area (Å²) in [6.07, 6.45) is 0. The Morgan fingerprint density at radius 1 is 1.06 bits per heavy atom. The maximum atomic E-state index is 11.1. The summed E-state index contributed by atoms with van der Waals surface area (Å²) < 4.78 is 5.48. The first-order chi connectivity index (χ1) is 8.58. The summed E-state index contributed by atoms with van der Waals surface area (Å²) in [7, 11) is 0. The molecule has 2 rings (SSSR count). The molecule has 0 heterocycles. The Morgan fingerprint density at radius 3 is 2.33 bits per heavy atom. The first kappa shape index (κ1) is 12.7. The summed E-state index contributed by atoms with van der Waals surface area (Å²) in [4.78, 5) is 11.1. The van der Waals surface area contributed by atoms with Crippen molar-refractivity contribution in [2.24, 2.45) is 0 Å². The van der Waals surface area contributed by atoms with E-state index in [9.17, 15) is 4.79 Å². The van der Waals surface area contributed by atoms with Crippen LogP contribution in [0.2, 0.25) is 10.0 Å². The highest BCUT2D eigenvalue weighted by atomic mass is 35.5. The van der Waals surface area contributed by atoms with Crippen LogP contribution >= 0.6 is 23.2 Å². The zero-order valence-corrected chi connectivity index (χ0v) is 10.6. The number of benzene rings is 2. The molecule has 0 saturated carbocycles. The summed E-state index contributed by atoms with van der Waals surface area (Å²) in [5.41, 5.74) is -0.0610. The average Bonchev–Trinajstić information content (AvgIpc) is 2.32. The van der Waals surface area contributed by atoms with Crippen LogP contribution in [0.5, 0.6) is 11.5 Å². The molecule has 0 fully saturated rings. The number of hydrogen-bond acceptors (Lipinski definition) is 2. The molecular formula is C13H8Cl2O3. The van der Waals surface area contributed by atoms with Crippen LogP contribution in [0.25, 0.3) is 0 Å². The van der Waals surface area contributed by atoms with Crippen LogP contribution in [0.4, 0.5) is 0 Å². The van der Waals surface area contributed by atoms with Crippen LogP contribution in [0.3, 0.4) is 0 Å². The van der Waals surface area contributed by atoms with Gasteiger partial charge in [0.2, 0.25) is 0 Å². The molecule has 0 atom stereocenters. The van der Waals surface area contributed by atoms with Crippen molar-refractivity contribution in [3.8, 4) is 11.5 Å². The van der Waals surface area contributed by atoms with Crippen molar-refractivity contribution in [2.75, 3.05) is 0 Å². The first-order valence-electron chi connectivity index (χ1n) is 5.03. The Hall–Kier alpha value is -1.71. The van der Waals surface area contributed by atoms with Gasteiger partial charge in [-0.3, -0.25) is 0 Å². The van der Waals surface area contributed by atoms with E-state index >= 15 is 0 Å². The molecule has 0 aromatic heterocycles. The van der Waals surface area contributed by atoms with Gasteiger partial charge in [0.15, 0.2) is 0 Å². The van der Waals surface area contributed by atoms with Gasteiger partial charge >= 0.3 is 5.97 Å². The van der Waals surface area contributed by atoms with Gasteiger partial charge in [0.05, 0.1) is 5.02 Å². The largest absolute Gasteiger partial charge is 0.478 e. The molecule has 0 aliphatic carbocycles. The molecule has 5 heteroatoms. The van der Waals surface area contributed by atoms with Crippen LogP contribution in [0.1, 0.15) is 10.4 Å². The van der Waals surface area contributed by atoms with E-state index in [4.69, 9.17) is 33.0 Å². The predicted octanol–water partition coefficient (Wildman–Crippen LogP) is 4.48. The van der Waals surface area contributed by atoms with E-state index in [1.165, 1.54) is 6.07 Å². The van der Waals surface area contributed by atoms with Crippen LogP contribution in [0.15, 0.2) is 42.5 Å². The van der Waals surface area contributed by atoms with Crippen molar-refractivity contribution in [3.05, 3.63) is 58.1 Å². The van der Waals surface area contributed by atoms with Crippen LogP contribution in [-0.2, 0) is 0 Å². The molecule has 0 unspecified atom stereocenters. The van der Waals surface area contributed by atoms with Gasteiger partial charge in [-0.1, -0.05) is 29.3 Å². The molecule has 0 amide bonds. The lowest BCUT2D eigenvalue weighted by Gasteiger charge is -2.09. The van der Waals surface area contributed by atoms with E-state index in [2.05, 4.69) is 0 Å². The number of halogens is 2. The lowest BCUT2D eigenvalue weighted by molar-refractivity contribution is 0.0694. The number of carbonyl (C=O) groups is 1. The normalized spacial score (nSPS) is 10.1. The highest BCUT2D eigenvalue weighted by molar-refractivity contribution is 6.33. The van der Waals surface area contributed by atoms with Gasteiger partial charge in [-0.15, -0.1) is 0 Å². The number of aromatic carboxylic acids is 1. The zero-order chi connectivity index (χ0) is 13.1. The number of carboxylic acid groups (broad SMARTS) is 1. The Morgan fingerprint density at radius 2 is 1.72 bits per heavy atom. The van der Waals surface area contributed by atoms with Gasteiger partial charge in [-0.25, -0.2) is 4.79 Å². The maximum absolute atomic E-state index is 11.1. The third-order valence-electron chi connectivity index (χ3n) is 2.23. The summed E-state index contributed by atoms with van der Waals surface area (Å²) in [5, 5.41) is 9.79. The van der Waals surface area contributed by atoms with E-state index in [0.717, 1.165) is 0 Å². The van der Waals surface area contributed by atoms with E-state index in [-0.39, 0.29) is 16.3 Å². The fourth-order valence-electron chi connectivity index (χ4n) is 1.43. The highest BCUT2D eigenvalue weighted by Crippen LogP contribution is 2.30. The zero-order valence-electron chi connectivity index (χ0n) is 9.06. The minimum absolute atomic E-state index is 0.0610. The molecule has 0 bridgehead atoms. The van der Waals surface area contributed by atoms with E-state index < -0.39 is 5.97 Å². The van der Waals surface area contributed by atoms with Crippen molar-refractivity contribution in [1.29, 1.82) is 0 Å². The van der Waals surface area contributed by atoms with Gasteiger partial charge in [0, 0.05) is 5.02 Å². The van der Waals surface area contributed by atoms with Gasteiger partial charge < -0.3 is 9.84 Å². The predicted molar refractivity (Wildman–Crippen MR) is 69.9 cm³/mol. The Labute approximate surface area is 114 Å². The summed E-state index contributed by atoms with van der Waals surface area (Å²) in [5.74, 6) is -0.453. The van der Waals surface area contributed by atoms with Crippen molar-refractivity contribution in [2.45, 2.75) is 0 Å². The smallest absolute Gasteiger partial charge is 0.341 e. The van der Waals surface area contributed by atoms with Gasteiger partial charge in [0.25, 0.3) is 0 Å². The third-order valence-corrected chi connectivity index (χ3v) is 2.80. The monoisotopic (exact) mass is 282 g/mol. The second-order valence-corrected chi connectivity index (χ2v) is 4.32. The van der Waals surface area contributed by atoms with E-state index in [1.807, 2.05) is 0 Å². The van der Waals surface area contributed by atoms with Crippen LogP contribution in [-0.4, -0.2) is 11.1 Å². The molecule has 3 nitrogen and oxygen atoms in total. The molecule has 2 aromatic carbocycles. The second kappa shape index (κ2) is 5.29. The van der Waals surface area contributed by atoms with Crippen molar-refractivity contribution in [3.63, 3.8) is 0 Å². The van der Waals surface area contributed by atoms with Gasteiger partial charge in [0.1, 0.15) is 17.1 Å². The van der Waals surface area contributed by atoms with Gasteiger partial charge in [-0.2, -0.15) is 0 Å².